The first-order valence-electron chi connectivity index (χ1n) is 11.9. The van der Waals surface area contributed by atoms with Gasteiger partial charge in [-0.05, 0) is 76.5 Å². The minimum Gasteiger partial charge on any atom is -0.317 e. The minimum atomic E-state index is -3.12. The van der Waals surface area contributed by atoms with Crippen LogP contribution >= 0.6 is 0 Å². The summed E-state index contributed by atoms with van der Waals surface area (Å²) in [7, 11) is -3.12. The van der Waals surface area contributed by atoms with E-state index < -0.39 is 10.0 Å². The summed E-state index contributed by atoms with van der Waals surface area (Å²) >= 11 is 0. The average molecular weight is 432 g/mol. The van der Waals surface area contributed by atoms with Crippen LogP contribution in [0.1, 0.15) is 91.9 Å². The van der Waals surface area contributed by atoms with Gasteiger partial charge in [0, 0.05) is 6.54 Å². The van der Waals surface area contributed by atoms with E-state index in [-0.39, 0.29) is 5.75 Å². The van der Waals surface area contributed by atoms with Crippen LogP contribution in [0.4, 0.5) is 0 Å². The van der Waals surface area contributed by atoms with Gasteiger partial charge in [-0.1, -0.05) is 59.1 Å². The summed E-state index contributed by atoms with van der Waals surface area (Å²) in [6.45, 7) is 13.5. The molecule has 0 bridgehead atoms. The van der Waals surface area contributed by atoms with Crippen molar-refractivity contribution in [1.82, 2.24) is 15.4 Å². The van der Waals surface area contributed by atoms with Gasteiger partial charge in [0.1, 0.15) is 0 Å². The van der Waals surface area contributed by atoms with Crippen molar-refractivity contribution in [2.75, 3.05) is 38.5 Å². The van der Waals surface area contributed by atoms with Crippen molar-refractivity contribution < 1.29 is 8.42 Å². The Balaban J connectivity index is 3.45. The van der Waals surface area contributed by atoms with Crippen molar-refractivity contribution in [3.8, 4) is 0 Å². The number of unbranched alkanes of at least 4 members (excludes halogenated alkanes) is 4. The molecule has 0 heterocycles. The third-order valence-corrected chi connectivity index (χ3v) is 6.89. The predicted octanol–water partition coefficient (Wildman–Crippen LogP) is 4.61. The molecule has 0 radical (unpaired) electrons. The molecule has 0 spiro atoms. The molecule has 174 valence electrons. The standard InChI is InChI=1S/C23H49N3O2S/c1-5-7-8-9-10-11-12-13-22-29(27,28)26-20-15-19-24-17-14-18-25-21-16-23(3,4)6-2/h9-10,24-26H,5-8,11-22H2,1-4H3/b10-9-. The van der Waals surface area contributed by atoms with Crippen molar-refractivity contribution in [2.24, 2.45) is 5.41 Å². The monoisotopic (exact) mass is 431 g/mol. The molecule has 0 aliphatic heterocycles. The van der Waals surface area contributed by atoms with Gasteiger partial charge in [-0.15, -0.1) is 0 Å². The SMILES string of the molecule is CCCC/C=C\CCCCS(=O)(=O)NCCCNCCCNCCC(C)(C)CC. The van der Waals surface area contributed by atoms with Crippen LogP contribution in [-0.4, -0.2) is 46.9 Å². The number of sulfonamides is 1. The van der Waals surface area contributed by atoms with Gasteiger partial charge >= 0.3 is 0 Å². The second-order valence-electron chi connectivity index (χ2n) is 8.80. The quantitative estimate of drug-likeness (QED) is 0.183. The largest absolute Gasteiger partial charge is 0.317 e. The van der Waals surface area contributed by atoms with Crippen molar-refractivity contribution >= 4 is 10.0 Å². The number of allylic oxidation sites excluding steroid dienone is 2. The molecule has 0 unspecified atom stereocenters. The Labute approximate surface area is 181 Å². The van der Waals surface area contributed by atoms with Gasteiger partial charge in [-0.3, -0.25) is 0 Å². The third-order valence-electron chi connectivity index (χ3n) is 5.42. The highest BCUT2D eigenvalue weighted by atomic mass is 32.2. The topological polar surface area (TPSA) is 70.2 Å². The van der Waals surface area contributed by atoms with Gasteiger partial charge in [-0.2, -0.15) is 0 Å². The van der Waals surface area contributed by atoms with Crippen LogP contribution in [0.2, 0.25) is 0 Å². The lowest BCUT2D eigenvalue weighted by Crippen LogP contribution is -2.30. The minimum absolute atomic E-state index is 0.240. The van der Waals surface area contributed by atoms with Crippen LogP contribution < -0.4 is 15.4 Å². The lowest BCUT2D eigenvalue weighted by atomic mass is 9.87. The van der Waals surface area contributed by atoms with Crippen molar-refractivity contribution in [3.05, 3.63) is 12.2 Å². The normalized spacial score (nSPS) is 12.8. The van der Waals surface area contributed by atoms with Gasteiger partial charge in [0.25, 0.3) is 0 Å². The Morgan fingerprint density at radius 2 is 1.34 bits per heavy atom. The summed E-state index contributed by atoms with van der Waals surface area (Å²) in [5.74, 6) is 0.240. The fraction of sp³-hybridized carbons (Fsp3) is 0.913. The van der Waals surface area contributed by atoms with E-state index in [9.17, 15) is 8.42 Å². The highest BCUT2D eigenvalue weighted by Gasteiger charge is 2.13. The molecule has 0 aromatic heterocycles. The van der Waals surface area contributed by atoms with E-state index in [2.05, 4.69) is 55.2 Å². The van der Waals surface area contributed by atoms with Crippen LogP contribution in [0, 0.1) is 5.41 Å². The van der Waals surface area contributed by atoms with Crippen molar-refractivity contribution in [1.29, 1.82) is 0 Å². The van der Waals surface area contributed by atoms with Gasteiger partial charge in [0.05, 0.1) is 5.75 Å². The second kappa shape index (κ2) is 18.3. The van der Waals surface area contributed by atoms with Crippen LogP contribution in [0.5, 0.6) is 0 Å². The molecule has 0 aliphatic carbocycles. The third kappa shape index (κ3) is 20.6. The van der Waals surface area contributed by atoms with E-state index in [1.165, 1.54) is 25.7 Å². The molecule has 3 N–H and O–H groups in total. The summed E-state index contributed by atoms with van der Waals surface area (Å²) in [5.41, 5.74) is 0.434. The molecule has 0 aromatic rings. The number of nitrogens with one attached hydrogen (secondary N) is 3. The van der Waals surface area contributed by atoms with Crippen molar-refractivity contribution in [3.63, 3.8) is 0 Å². The second-order valence-corrected chi connectivity index (χ2v) is 10.7. The molecule has 0 fully saturated rings. The number of rotatable bonds is 21. The molecule has 0 saturated carbocycles. The Morgan fingerprint density at radius 1 is 0.759 bits per heavy atom. The lowest BCUT2D eigenvalue weighted by Gasteiger charge is -2.22. The zero-order valence-electron chi connectivity index (χ0n) is 19.7. The Kier molecular flexibility index (Phi) is 18.1. The van der Waals surface area contributed by atoms with E-state index in [1.807, 2.05) is 0 Å². The summed E-state index contributed by atoms with van der Waals surface area (Å²) < 4.78 is 26.7. The maximum Gasteiger partial charge on any atom is 0.211 e. The molecule has 5 nitrogen and oxygen atoms in total. The van der Waals surface area contributed by atoms with E-state index in [0.29, 0.717) is 12.0 Å². The zero-order valence-corrected chi connectivity index (χ0v) is 20.5. The fourth-order valence-electron chi connectivity index (χ4n) is 2.82. The number of hydrogen-bond acceptors (Lipinski definition) is 4. The lowest BCUT2D eigenvalue weighted by molar-refractivity contribution is 0.315. The zero-order chi connectivity index (χ0) is 21.8. The molecule has 29 heavy (non-hydrogen) atoms. The predicted molar refractivity (Wildman–Crippen MR) is 128 cm³/mol. The first-order valence-corrected chi connectivity index (χ1v) is 13.5. The highest BCUT2D eigenvalue weighted by molar-refractivity contribution is 7.89. The van der Waals surface area contributed by atoms with Crippen LogP contribution in [0.15, 0.2) is 12.2 Å². The summed E-state index contributed by atoms with van der Waals surface area (Å²) in [6.07, 6.45) is 15.0. The molecular weight excluding hydrogens is 382 g/mol. The van der Waals surface area contributed by atoms with E-state index >= 15 is 0 Å². The Bertz CT molecular complexity index is 490. The van der Waals surface area contributed by atoms with Crippen molar-refractivity contribution in [2.45, 2.75) is 91.9 Å². The molecule has 0 amide bonds. The van der Waals surface area contributed by atoms with Gasteiger partial charge < -0.3 is 10.6 Å². The Hall–Kier alpha value is -0.430. The smallest absolute Gasteiger partial charge is 0.211 e. The molecular formula is C23H49N3O2S. The maximum atomic E-state index is 12.0. The summed E-state index contributed by atoms with van der Waals surface area (Å²) in [4.78, 5) is 0. The average Bonchev–Trinajstić information content (AvgIpc) is 2.68. The molecule has 6 heteroatoms. The summed E-state index contributed by atoms with van der Waals surface area (Å²) in [5, 5.41) is 6.89. The van der Waals surface area contributed by atoms with Crippen LogP contribution in [0.25, 0.3) is 0 Å². The van der Waals surface area contributed by atoms with Crippen LogP contribution in [-0.2, 0) is 10.0 Å². The van der Waals surface area contributed by atoms with Gasteiger partial charge in [-0.25, -0.2) is 13.1 Å². The molecule has 0 rings (SSSR count). The molecule has 0 aromatic carbocycles. The Morgan fingerprint density at radius 3 is 1.97 bits per heavy atom. The van der Waals surface area contributed by atoms with Gasteiger partial charge in [0.15, 0.2) is 0 Å². The summed E-state index contributed by atoms with van der Waals surface area (Å²) in [6, 6.07) is 0. The highest BCUT2D eigenvalue weighted by Crippen LogP contribution is 2.23. The van der Waals surface area contributed by atoms with Crippen LogP contribution in [0.3, 0.4) is 0 Å². The molecule has 0 saturated heterocycles. The maximum absolute atomic E-state index is 12.0. The van der Waals surface area contributed by atoms with E-state index in [4.69, 9.17) is 0 Å². The van der Waals surface area contributed by atoms with E-state index in [0.717, 1.165) is 64.7 Å². The molecule has 0 atom stereocenters. The first-order chi connectivity index (χ1) is 13.8. The molecule has 0 aliphatic rings. The number of hydrogen-bond donors (Lipinski definition) is 3. The van der Waals surface area contributed by atoms with Gasteiger partial charge in [0.2, 0.25) is 10.0 Å². The van der Waals surface area contributed by atoms with E-state index in [1.54, 1.807) is 0 Å². The fourth-order valence-corrected chi connectivity index (χ4v) is 4.00. The first kappa shape index (κ1) is 28.6.